The number of aliphatic carboxylic acids is 1. The fourth-order valence-corrected chi connectivity index (χ4v) is 3.08. The van der Waals surface area contributed by atoms with Crippen LogP contribution in [0.3, 0.4) is 0 Å². The highest BCUT2D eigenvalue weighted by atomic mass is 16.4. The predicted molar refractivity (Wildman–Crippen MR) is 82.8 cm³/mol. The number of rotatable bonds is 8. The molecule has 3 N–H and O–H groups in total. The summed E-state index contributed by atoms with van der Waals surface area (Å²) in [5.74, 6) is 0.0269. The van der Waals surface area contributed by atoms with Crippen LogP contribution < -0.4 is 5.73 Å². The Hall–Kier alpha value is -0.610. The minimum atomic E-state index is -1.06. The molecule has 0 radical (unpaired) electrons. The van der Waals surface area contributed by atoms with Crippen molar-refractivity contribution in [1.29, 1.82) is 0 Å². The number of likely N-dealkylation sites (tertiary alicyclic amines) is 1. The van der Waals surface area contributed by atoms with Crippen molar-refractivity contribution in [1.82, 2.24) is 4.90 Å². The summed E-state index contributed by atoms with van der Waals surface area (Å²) in [4.78, 5) is 13.5. The Kier molecular flexibility index (Phi) is 7.52. The van der Waals surface area contributed by atoms with Gasteiger partial charge in [-0.2, -0.15) is 0 Å². The molecule has 1 aliphatic rings. The van der Waals surface area contributed by atoms with Crippen molar-refractivity contribution in [3.63, 3.8) is 0 Å². The summed E-state index contributed by atoms with van der Waals surface area (Å²) in [7, 11) is 0. The molecule has 1 rings (SSSR count). The Morgan fingerprint density at radius 2 is 2.10 bits per heavy atom. The van der Waals surface area contributed by atoms with Gasteiger partial charge in [0.2, 0.25) is 0 Å². The molecule has 0 aromatic carbocycles. The highest BCUT2D eigenvalue weighted by Gasteiger charge is 2.26. The molecule has 0 amide bonds. The third kappa shape index (κ3) is 6.23. The van der Waals surface area contributed by atoms with E-state index in [1.54, 1.807) is 6.92 Å². The third-order valence-corrected chi connectivity index (χ3v) is 4.55. The second kappa shape index (κ2) is 8.63. The van der Waals surface area contributed by atoms with E-state index in [1.807, 2.05) is 0 Å². The van der Waals surface area contributed by atoms with Crippen LogP contribution in [0.25, 0.3) is 0 Å². The lowest BCUT2D eigenvalue weighted by molar-refractivity contribution is -0.142. The van der Waals surface area contributed by atoms with Crippen LogP contribution in [0.15, 0.2) is 0 Å². The molecule has 1 aliphatic heterocycles. The Balaban J connectivity index is 2.18. The molecule has 1 heterocycles. The van der Waals surface area contributed by atoms with Crippen LogP contribution in [-0.4, -0.2) is 41.1 Å². The van der Waals surface area contributed by atoms with Crippen LogP contribution in [0.5, 0.6) is 0 Å². The van der Waals surface area contributed by atoms with Gasteiger partial charge in [-0.1, -0.05) is 19.8 Å². The van der Waals surface area contributed by atoms with E-state index in [4.69, 9.17) is 10.8 Å². The number of nitrogens with two attached hydrogens (primary N) is 1. The molecule has 4 nitrogen and oxygen atoms in total. The van der Waals surface area contributed by atoms with Crippen molar-refractivity contribution < 1.29 is 9.90 Å². The highest BCUT2D eigenvalue weighted by molar-refractivity contribution is 5.77. The topological polar surface area (TPSA) is 66.6 Å². The summed E-state index contributed by atoms with van der Waals surface area (Å²) in [6, 6.07) is 0. The van der Waals surface area contributed by atoms with Crippen LogP contribution in [0, 0.1) is 5.92 Å². The van der Waals surface area contributed by atoms with Crippen LogP contribution in [0.4, 0.5) is 0 Å². The maximum atomic E-state index is 10.9. The van der Waals surface area contributed by atoms with E-state index in [9.17, 15) is 4.79 Å². The summed E-state index contributed by atoms with van der Waals surface area (Å²) in [6.45, 7) is 7.39. The molecule has 4 heteroatoms. The van der Waals surface area contributed by atoms with Gasteiger partial charge in [-0.15, -0.1) is 0 Å². The summed E-state index contributed by atoms with van der Waals surface area (Å²) in [6.07, 6.45) is 9.21. The van der Waals surface area contributed by atoms with Crippen LogP contribution in [0.1, 0.15) is 65.2 Å². The number of nitrogens with zero attached hydrogens (tertiary/aromatic N) is 1. The molecule has 2 unspecified atom stereocenters. The fraction of sp³-hybridized carbons (Fsp3) is 0.938. The van der Waals surface area contributed by atoms with E-state index in [-0.39, 0.29) is 0 Å². The summed E-state index contributed by atoms with van der Waals surface area (Å²) in [5, 5.41) is 8.97. The number of hydrogen-bond acceptors (Lipinski definition) is 3. The smallest absolute Gasteiger partial charge is 0.323 e. The lowest BCUT2D eigenvalue weighted by Gasteiger charge is -2.22. The quantitative estimate of drug-likeness (QED) is 0.673. The number of carboxylic acids is 1. The Morgan fingerprint density at radius 1 is 1.35 bits per heavy atom. The van der Waals surface area contributed by atoms with Gasteiger partial charge in [0.1, 0.15) is 5.54 Å². The van der Waals surface area contributed by atoms with Crippen molar-refractivity contribution in [3.05, 3.63) is 0 Å². The molecule has 20 heavy (non-hydrogen) atoms. The Morgan fingerprint density at radius 3 is 2.75 bits per heavy atom. The molecule has 0 aliphatic carbocycles. The average Bonchev–Trinajstić information content (AvgIpc) is 2.61. The van der Waals surface area contributed by atoms with E-state index < -0.39 is 11.5 Å². The van der Waals surface area contributed by atoms with Crippen molar-refractivity contribution >= 4 is 5.97 Å². The SMILES string of the molecule is CCCC1CCCN(CCCCC(C)(N)C(=O)O)CC1. The second-order valence-electron chi connectivity index (χ2n) is 6.61. The molecule has 2 atom stereocenters. The maximum absolute atomic E-state index is 10.9. The Labute approximate surface area is 123 Å². The fourth-order valence-electron chi connectivity index (χ4n) is 3.08. The lowest BCUT2D eigenvalue weighted by Crippen LogP contribution is -2.44. The molecule has 0 saturated carbocycles. The molecule has 0 aromatic rings. The van der Waals surface area contributed by atoms with Gasteiger partial charge < -0.3 is 15.7 Å². The first kappa shape index (κ1) is 17.4. The zero-order chi connectivity index (χ0) is 15.0. The Bertz CT molecular complexity index is 292. The lowest BCUT2D eigenvalue weighted by atomic mass is 9.96. The molecule has 0 spiro atoms. The van der Waals surface area contributed by atoms with E-state index in [2.05, 4.69) is 11.8 Å². The van der Waals surface area contributed by atoms with Crippen LogP contribution >= 0.6 is 0 Å². The number of unbranched alkanes of at least 4 members (excludes halogenated alkanes) is 1. The number of carbonyl (C=O) groups is 1. The largest absolute Gasteiger partial charge is 0.480 e. The van der Waals surface area contributed by atoms with Gasteiger partial charge in [0.05, 0.1) is 0 Å². The molecular formula is C16H32N2O2. The van der Waals surface area contributed by atoms with Gasteiger partial charge in [0.15, 0.2) is 0 Å². The normalized spacial score (nSPS) is 24.1. The highest BCUT2D eigenvalue weighted by Crippen LogP contribution is 2.22. The van der Waals surface area contributed by atoms with E-state index in [0.29, 0.717) is 6.42 Å². The predicted octanol–water partition coefficient (Wildman–Crippen LogP) is 2.86. The maximum Gasteiger partial charge on any atom is 0.323 e. The van der Waals surface area contributed by atoms with E-state index >= 15 is 0 Å². The molecule has 1 fully saturated rings. The van der Waals surface area contributed by atoms with Gasteiger partial charge in [-0.25, -0.2) is 0 Å². The van der Waals surface area contributed by atoms with Crippen molar-refractivity contribution in [3.8, 4) is 0 Å². The zero-order valence-electron chi connectivity index (χ0n) is 13.2. The van der Waals surface area contributed by atoms with Crippen molar-refractivity contribution in [2.24, 2.45) is 11.7 Å². The first-order valence-electron chi connectivity index (χ1n) is 8.20. The zero-order valence-corrected chi connectivity index (χ0v) is 13.2. The second-order valence-corrected chi connectivity index (χ2v) is 6.61. The van der Waals surface area contributed by atoms with Gasteiger partial charge in [-0.05, 0) is 71.0 Å². The number of carboxylic acid groups (broad SMARTS) is 1. The van der Waals surface area contributed by atoms with Crippen LogP contribution in [-0.2, 0) is 4.79 Å². The standard InChI is InChI=1S/C16H32N2O2/c1-3-7-14-8-6-12-18(13-9-14)11-5-4-10-16(2,17)15(19)20/h14H,3-13,17H2,1-2H3,(H,19,20). The van der Waals surface area contributed by atoms with Gasteiger partial charge in [-0.3, -0.25) is 4.79 Å². The third-order valence-electron chi connectivity index (χ3n) is 4.55. The molecule has 0 aromatic heterocycles. The summed E-state index contributed by atoms with van der Waals surface area (Å²) < 4.78 is 0. The average molecular weight is 284 g/mol. The van der Waals surface area contributed by atoms with Crippen molar-refractivity contribution in [2.45, 2.75) is 70.8 Å². The summed E-state index contributed by atoms with van der Waals surface area (Å²) >= 11 is 0. The first-order valence-corrected chi connectivity index (χ1v) is 8.20. The molecular weight excluding hydrogens is 252 g/mol. The number of hydrogen-bond donors (Lipinski definition) is 2. The van der Waals surface area contributed by atoms with Gasteiger partial charge in [0.25, 0.3) is 0 Å². The monoisotopic (exact) mass is 284 g/mol. The van der Waals surface area contributed by atoms with Crippen LogP contribution in [0.2, 0.25) is 0 Å². The molecule has 0 bridgehead atoms. The summed E-state index contributed by atoms with van der Waals surface area (Å²) in [5.41, 5.74) is 4.68. The van der Waals surface area contributed by atoms with Gasteiger partial charge >= 0.3 is 5.97 Å². The minimum absolute atomic E-state index is 0.564. The molecule has 1 saturated heterocycles. The minimum Gasteiger partial charge on any atom is -0.480 e. The first-order chi connectivity index (χ1) is 9.45. The van der Waals surface area contributed by atoms with Gasteiger partial charge in [0, 0.05) is 0 Å². The molecule has 118 valence electrons. The van der Waals surface area contributed by atoms with Crippen molar-refractivity contribution in [2.75, 3.05) is 19.6 Å². The van der Waals surface area contributed by atoms with E-state index in [1.165, 1.54) is 45.2 Å². The van der Waals surface area contributed by atoms with E-state index in [0.717, 1.165) is 25.3 Å².